The maximum Gasteiger partial charge on any atom is 0.411 e. The van der Waals surface area contributed by atoms with Crippen LogP contribution in [-0.2, 0) is 15.9 Å². The standard InChI is InChI=1S/C26H28F2N4O5/c1-15-6-7-32-21(13-18-14-31(26(34)35)8-9-36-18)24(30-22(32)10-15)23-19(27)11-16(12-20(23)28)29-25(33)37-17-4-2-3-5-17/h6-7,10-12,17-18H,2-5,8-9,13-14H2,1H3,(H,29,33)(H,34,35)/t18-/m0/s1. The van der Waals surface area contributed by atoms with Crippen molar-refractivity contribution in [2.75, 3.05) is 25.0 Å². The predicted octanol–water partition coefficient (Wildman–Crippen LogP) is 5.00. The second-order valence-corrected chi connectivity index (χ2v) is 9.52. The summed E-state index contributed by atoms with van der Waals surface area (Å²) in [4.78, 5) is 29.4. The van der Waals surface area contributed by atoms with Gasteiger partial charge in [-0.3, -0.25) is 5.32 Å². The number of anilines is 1. The van der Waals surface area contributed by atoms with Crippen LogP contribution in [0.3, 0.4) is 0 Å². The number of hydrogen-bond donors (Lipinski definition) is 2. The van der Waals surface area contributed by atoms with Crippen LogP contribution in [-0.4, -0.2) is 63.5 Å². The fourth-order valence-electron chi connectivity index (χ4n) is 5.00. The third kappa shape index (κ3) is 5.36. The van der Waals surface area contributed by atoms with E-state index in [1.165, 1.54) is 4.90 Å². The van der Waals surface area contributed by atoms with Gasteiger partial charge in [0.1, 0.15) is 23.4 Å². The first-order valence-electron chi connectivity index (χ1n) is 12.3. The van der Waals surface area contributed by atoms with Crippen LogP contribution < -0.4 is 5.32 Å². The molecule has 0 spiro atoms. The fourth-order valence-corrected chi connectivity index (χ4v) is 5.00. The molecule has 2 N–H and O–H groups in total. The predicted molar refractivity (Wildman–Crippen MR) is 131 cm³/mol. The molecule has 5 rings (SSSR count). The summed E-state index contributed by atoms with van der Waals surface area (Å²) in [6.07, 6.45) is 2.98. The minimum Gasteiger partial charge on any atom is -0.465 e. The highest BCUT2D eigenvalue weighted by atomic mass is 19.1. The van der Waals surface area contributed by atoms with E-state index in [-0.39, 0.29) is 49.2 Å². The van der Waals surface area contributed by atoms with E-state index in [1.807, 2.05) is 13.0 Å². The number of carboxylic acid groups (broad SMARTS) is 1. The van der Waals surface area contributed by atoms with E-state index in [0.29, 0.717) is 11.3 Å². The lowest BCUT2D eigenvalue weighted by molar-refractivity contribution is -0.0214. The first kappa shape index (κ1) is 24.9. The maximum atomic E-state index is 15.4. The Labute approximate surface area is 212 Å². The zero-order chi connectivity index (χ0) is 26.1. The summed E-state index contributed by atoms with van der Waals surface area (Å²) in [5.41, 5.74) is 1.61. The number of nitrogens with zero attached hydrogens (tertiary/aromatic N) is 3. The molecule has 11 heteroatoms. The van der Waals surface area contributed by atoms with Gasteiger partial charge in [0.25, 0.3) is 0 Å². The molecule has 0 radical (unpaired) electrons. The minimum absolute atomic E-state index is 0.0596. The summed E-state index contributed by atoms with van der Waals surface area (Å²) >= 11 is 0. The molecule has 1 aliphatic heterocycles. The Morgan fingerprint density at radius 1 is 1.22 bits per heavy atom. The van der Waals surface area contributed by atoms with Gasteiger partial charge < -0.3 is 23.9 Å². The summed E-state index contributed by atoms with van der Waals surface area (Å²) in [7, 11) is 0. The molecule has 9 nitrogen and oxygen atoms in total. The van der Waals surface area contributed by atoms with Crippen LogP contribution in [0, 0.1) is 18.6 Å². The number of aromatic nitrogens is 2. The zero-order valence-electron chi connectivity index (χ0n) is 20.4. The van der Waals surface area contributed by atoms with Crippen LogP contribution >= 0.6 is 0 Å². The Morgan fingerprint density at radius 3 is 2.65 bits per heavy atom. The van der Waals surface area contributed by atoms with Crippen molar-refractivity contribution in [1.82, 2.24) is 14.3 Å². The first-order chi connectivity index (χ1) is 17.8. The Kier molecular flexibility index (Phi) is 6.96. The summed E-state index contributed by atoms with van der Waals surface area (Å²) in [6, 6.07) is 5.72. The van der Waals surface area contributed by atoms with Gasteiger partial charge in [-0.05, 0) is 62.4 Å². The number of pyridine rings is 1. The van der Waals surface area contributed by atoms with Crippen molar-refractivity contribution in [2.24, 2.45) is 0 Å². The number of carbonyl (C=O) groups is 2. The van der Waals surface area contributed by atoms with E-state index in [0.717, 1.165) is 43.4 Å². The molecule has 1 saturated carbocycles. The van der Waals surface area contributed by atoms with Crippen molar-refractivity contribution in [3.05, 3.63) is 53.4 Å². The Bertz CT molecular complexity index is 1310. The second-order valence-electron chi connectivity index (χ2n) is 9.52. The first-order valence-corrected chi connectivity index (χ1v) is 12.3. The molecule has 3 heterocycles. The summed E-state index contributed by atoms with van der Waals surface area (Å²) in [5, 5.41) is 11.8. The average molecular weight is 515 g/mol. The number of morpholine rings is 1. The smallest absolute Gasteiger partial charge is 0.411 e. The van der Waals surface area contributed by atoms with E-state index >= 15 is 8.78 Å². The van der Waals surface area contributed by atoms with Crippen LogP contribution in [0.25, 0.3) is 16.9 Å². The molecule has 1 aromatic carbocycles. The zero-order valence-corrected chi connectivity index (χ0v) is 20.4. The number of rotatable bonds is 5. The largest absolute Gasteiger partial charge is 0.465 e. The third-order valence-electron chi connectivity index (χ3n) is 6.81. The van der Waals surface area contributed by atoms with Gasteiger partial charge in [0.05, 0.1) is 36.2 Å². The number of halogens is 2. The molecule has 196 valence electrons. The number of nitrogens with one attached hydrogen (secondary N) is 1. The van der Waals surface area contributed by atoms with Crippen molar-refractivity contribution < 1.29 is 33.0 Å². The number of imidazole rings is 1. The van der Waals surface area contributed by atoms with E-state index in [1.54, 1.807) is 16.7 Å². The van der Waals surface area contributed by atoms with Gasteiger partial charge in [0.15, 0.2) is 0 Å². The molecule has 1 atom stereocenters. The van der Waals surface area contributed by atoms with Crippen LogP contribution in [0.2, 0.25) is 0 Å². The number of benzene rings is 1. The Hall–Kier alpha value is -3.73. The molecule has 3 aromatic rings. The molecule has 2 amide bonds. The average Bonchev–Trinajstić information content (AvgIpc) is 3.46. The molecule has 0 unspecified atom stereocenters. The normalized spacial score (nSPS) is 18.4. The summed E-state index contributed by atoms with van der Waals surface area (Å²) in [6.45, 7) is 2.49. The lowest BCUT2D eigenvalue weighted by Crippen LogP contribution is -2.45. The third-order valence-corrected chi connectivity index (χ3v) is 6.81. The number of amides is 2. The number of aryl methyl sites for hydroxylation is 1. The van der Waals surface area contributed by atoms with Gasteiger partial charge in [0, 0.05) is 24.8 Å². The number of fused-ring (bicyclic) bond motifs is 1. The quantitative estimate of drug-likeness (QED) is 0.497. The molecule has 2 aliphatic rings. The van der Waals surface area contributed by atoms with Gasteiger partial charge >= 0.3 is 12.2 Å². The highest BCUT2D eigenvalue weighted by molar-refractivity contribution is 5.85. The molecule has 2 aromatic heterocycles. The molecule has 1 aliphatic carbocycles. The highest BCUT2D eigenvalue weighted by Gasteiger charge is 2.29. The molecule has 0 bridgehead atoms. The topological polar surface area (TPSA) is 105 Å². The molecular weight excluding hydrogens is 486 g/mol. The van der Waals surface area contributed by atoms with Gasteiger partial charge in [0.2, 0.25) is 0 Å². The Balaban J connectivity index is 1.46. The van der Waals surface area contributed by atoms with Gasteiger partial charge in [-0.15, -0.1) is 0 Å². The molecule has 1 saturated heterocycles. The van der Waals surface area contributed by atoms with Crippen LogP contribution in [0.5, 0.6) is 0 Å². The van der Waals surface area contributed by atoms with Crippen LogP contribution in [0.1, 0.15) is 36.9 Å². The number of ether oxygens (including phenoxy) is 2. The highest BCUT2D eigenvalue weighted by Crippen LogP contribution is 2.33. The summed E-state index contributed by atoms with van der Waals surface area (Å²) in [5.74, 6) is -1.79. The molecule has 37 heavy (non-hydrogen) atoms. The van der Waals surface area contributed by atoms with E-state index < -0.39 is 29.9 Å². The van der Waals surface area contributed by atoms with Gasteiger partial charge in [-0.25, -0.2) is 23.4 Å². The number of hydrogen-bond acceptors (Lipinski definition) is 5. The lowest BCUT2D eigenvalue weighted by atomic mass is 10.0. The van der Waals surface area contributed by atoms with Crippen molar-refractivity contribution in [1.29, 1.82) is 0 Å². The SMILES string of the molecule is Cc1ccn2c(C[C@H]3CN(C(=O)O)CCO3)c(-c3c(F)cc(NC(=O)OC4CCCC4)cc3F)nc2c1. The van der Waals surface area contributed by atoms with E-state index in [2.05, 4.69) is 10.3 Å². The second kappa shape index (κ2) is 10.3. The molecule has 2 fully saturated rings. The fraction of sp³-hybridized carbons (Fsp3) is 0.423. The van der Waals surface area contributed by atoms with Gasteiger partial charge in [-0.2, -0.15) is 0 Å². The van der Waals surface area contributed by atoms with Gasteiger partial charge in [-0.1, -0.05) is 0 Å². The van der Waals surface area contributed by atoms with Crippen LogP contribution in [0.15, 0.2) is 30.5 Å². The Morgan fingerprint density at radius 2 is 1.95 bits per heavy atom. The van der Waals surface area contributed by atoms with E-state index in [4.69, 9.17) is 9.47 Å². The summed E-state index contributed by atoms with van der Waals surface area (Å²) < 4.78 is 43.6. The maximum absolute atomic E-state index is 15.4. The lowest BCUT2D eigenvalue weighted by Gasteiger charge is -2.31. The van der Waals surface area contributed by atoms with Crippen LogP contribution in [0.4, 0.5) is 24.1 Å². The van der Waals surface area contributed by atoms with Crippen molar-refractivity contribution in [3.8, 4) is 11.3 Å². The van der Waals surface area contributed by atoms with Crippen molar-refractivity contribution >= 4 is 23.5 Å². The van der Waals surface area contributed by atoms with Crippen molar-refractivity contribution in [2.45, 2.75) is 51.2 Å². The minimum atomic E-state index is -1.05. The van der Waals surface area contributed by atoms with Crippen molar-refractivity contribution in [3.63, 3.8) is 0 Å². The number of carbonyl (C=O) groups excluding carboxylic acids is 1. The molecular formula is C26H28F2N4O5. The van der Waals surface area contributed by atoms with E-state index in [9.17, 15) is 14.7 Å². The monoisotopic (exact) mass is 514 g/mol.